The van der Waals surface area contributed by atoms with Crippen molar-refractivity contribution in [2.45, 2.75) is 122 Å². The number of nitrogens with zero attached hydrogens (tertiary/aromatic N) is 1. The monoisotopic (exact) mass is 567 g/mol. The molecule has 232 valence electrons. The minimum atomic E-state index is -1.14. The van der Waals surface area contributed by atoms with Gasteiger partial charge in [-0.1, -0.05) is 76.2 Å². The normalized spacial score (nSPS) is 13.5. The molecule has 8 heteroatoms. The van der Waals surface area contributed by atoms with E-state index in [9.17, 15) is 19.5 Å². The molecule has 0 aromatic carbocycles. The smallest absolute Gasteiger partial charge is 0.306 e. The number of carboxylic acids is 1. The van der Waals surface area contributed by atoms with Crippen LogP contribution in [-0.4, -0.2) is 75.5 Å². The van der Waals surface area contributed by atoms with Crippen molar-refractivity contribution in [1.29, 1.82) is 0 Å². The van der Waals surface area contributed by atoms with Gasteiger partial charge in [0.1, 0.15) is 12.6 Å². The summed E-state index contributed by atoms with van der Waals surface area (Å²) in [6, 6.07) is -0.719. The van der Waals surface area contributed by atoms with Gasteiger partial charge in [-0.2, -0.15) is 0 Å². The van der Waals surface area contributed by atoms with Crippen LogP contribution < -0.4 is 5.11 Å². The maximum absolute atomic E-state index is 12.3. The van der Waals surface area contributed by atoms with Gasteiger partial charge < -0.3 is 28.6 Å². The van der Waals surface area contributed by atoms with E-state index in [0.717, 1.165) is 32.1 Å². The van der Waals surface area contributed by atoms with E-state index in [-0.39, 0.29) is 36.7 Å². The van der Waals surface area contributed by atoms with E-state index >= 15 is 0 Å². The van der Waals surface area contributed by atoms with Crippen molar-refractivity contribution >= 4 is 17.9 Å². The van der Waals surface area contributed by atoms with E-state index in [4.69, 9.17) is 14.2 Å². The van der Waals surface area contributed by atoms with E-state index in [0.29, 0.717) is 6.42 Å². The number of allylic oxidation sites excluding steroid dienone is 4. The Morgan fingerprint density at radius 2 is 1.38 bits per heavy atom. The molecule has 0 spiro atoms. The van der Waals surface area contributed by atoms with E-state index in [1.54, 1.807) is 21.1 Å². The van der Waals surface area contributed by atoms with Crippen LogP contribution >= 0.6 is 0 Å². The molecule has 40 heavy (non-hydrogen) atoms. The van der Waals surface area contributed by atoms with Gasteiger partial charge in [0.05, 0.1) is 40.3 Å². The highest BCUT2D eigenvalue weighted by Gasteiger charge is 2.25. The highest BCUT2D eigenvalue weighted by atomic mass is 16.6. The Bertz CT molecular complexity index is 727. The maximum atomic E-state index is 12.3. The van der Waals surface area contributed by atoms with Crippen molar-refractivity contribution in [2.24, 2.45) is 0 Å². The van der Waals surface area contributed by atoms with Crippen LogP contribution in [-0.2, 0) is 28.6 Å². The number of carbonyl (C=O) groups excluding carboxylic acids is 3. The molecule has 0 rings (SSSR count). The number of hydrogen-bond donors (Lipinski definition) is 0. The van der Waals surface area contributed by atoms with Crippen molar-refractivity contribution in [3.63, 3.8) is 0 Å². The van der Waals surface area contributed by atoms with Gasteiger partial charge in [-0.3, -0.25) is 9.59 Å². The molecule has 0 aliphatic rings. The summed E-state index contributed by atoms with van der Waals surface area (Å²) >= 11 is 0. The Morgan fingerprint density at radius 1 is 0.800 bits per heavy atom. The maximum Gasteiger partial charge on any atom is 0.306 e. The first kappa shape index (κ1) is 37.8. The van der Waals surface area contributed by atoms with Gasteiger partial charge in [0.2, 0.25) is 0 Å². The minimum absolute atomic E-state index is 0.0286. The highest BCUT2D eigenvalue weighted by Crippen LogP contribution is 2.12. The first-order valence-electron chi connectivity index (χ1n) is 15.3. The average Bonchev–Trinajstić information content (AvgIpc) is 2.87. The van der Waals surface area contributed by atoms with Crippen molar-refractivity contribution in [1.82, 2.24) is 0 Å². The third kappa shape index (κ3) is 23.7. The summed E-state index contributed by atoms with van der Waals surface area (Å²) in [5, 5.41) is 11.4. The molecule has 0 aliphatic carbocycles. The molecule has 0 bridgehead atoms. The van der Waals surface area contributed by atoms with Crippen molar-refractivity contribution in [3.05, 3.63) is 24.3 Å². The molecule has 2 unspecified atom stereocenters. The predicted molar refractivity (Wildman–Crippen MR) is 157 cm³/mol. The number of esters is 2. The molecule has 0 N–H and O–H groups in total. The zero-order chi connectivity index (χ0) is 30.1. The van der Waals surface area contributed by atoms with Crippen LogP contribution in [0.25, 0.3) is 0 Å². The third-order valence-corrected chi connectivity index (χ3v) is 6.65. The van der Waals surface area contributed by atoms with Crippen LogP contribution in [0.3, 0.4) is 0 Å². The summed E-state index contributed by atoms with van der Waals surface area (Å²) in [6.07, 6.45) is 23.9. The molecular formula is C32H57NO7. The molecule has 0 heterocycles. The molecule has 0 fully saturated rings. The lowest BCUT2D eigenvalue weighted by molar-refractivity contribution is -0.889. The summed E-state index contributed by atoms with van der Waals surface area (Å²) in [4.78, 5) is 34.9. The molecule has 0 amide bonds. The zero-order valence-electron chi connectivity index (χ0n) is 26.0. The fourth-order valence-corrected chi connectivity index (χ4v) is 4.24. The topological polar surface area (TPSA) is 102 Å². The molecular weight excluding hydrogens is 510 g/mol. The summed E-state index contributed by atoms with van der Waals surface area (Å²) in [5.74, 6) is -1.95. The van der Waals surface area contributed by atoms with Gasteiger partial charge in [-0.25, -0.2) is 0 Å². The molecule has 0 radical (unpaired) electrons. The summed E-state index contributed by atoms with van der Waals surface area (Å²) < 4.78 is 16.3. The van der Waals surface area contributed by atoms with E-state index in [1.807, 2.05) is 0 Å². The Balaban J connectivity index is 3.99. The fraction of sp³-hybridized carbons (Fsp3) is 0.781. The number of carbonyl (C=O) groups is 3. The zero-order valence-corrected chi connectivity index (χ0v) is 26.0. The van der Waals surface area contributed by atoms with Gasteiger partial charge in [0.15, 0.2) is 6.10 Å². The largest absolute Gasteiger partial charge is 0.544 e. The second kappa shape index (κ2) is 24.6. The van der Waals surface area contributed by atoms with Crippen LogP contribution in [0.4, 0.5) is 0 Å². The number of unbranched alkanes of at least 4 members (excludes halogenated alkanes) is 10. The van der Waals surface area contributed by atoms with Gasteiger partial charge in [-0.05, 0) is 38.5 Å². The lowest BCUT2D eigenvalue weighted by Gasteiger charge is -2.34. The van der Waals surface area contributed by atoms with Gasteiger partial charge in [-0.15, -0.1) is 0 Å². The van der Waals surface area contributed by atoms with E-state index < -0.39 is 24.1 Å². The SMILES string of the molecule is CCCCC/C=C\C/C=C\CCCCCCCCCC(=O)OC(COCCC(C(=O)[O-])[N+](C)(C)C)COC(C)=O. The number of hydrogen-bond acceptors (Lipinski definition) is 7. The van der Waals surface area contributed by atoms with Crippen molar-refractivity contribution < 1.29 is 38.2 Å². The van der Waals surface area contributed by atoms with E-state index in [2.05, 4.69) is 31.2 Å². The molecule has 0 saturated heterocycles. The first-order valence-corrected chi connectivity index (χ1v) is 15.3. The Hall–Kier alpha value is -2.19. The molecule has 0 aromatic rings. The lowest BCUT2D eigenvalue weighted by atomic mass is 10.1. The Kier molecular flexibility index (Phi) is 23.2. The molecule has 0 aliphatic heterocycles. The Labute approximate surface area is 243 Å². The quantitative estimate of drug-likeness (QED) is 0.0606. The summed E-state index contributed by atoms with van der Waals surface area (Å²) in [7, 11) is 5.34. The Morgan fingerprint density at radius 3 is 1.93 bits per heavy atom. The molecule has 0 saturated carbocycles. The standard InChI is InChI=1S/C32H57NO7/c1-6-7-8-9-10-11-12-13-14-15-16-17-18-19-20-21-22-23-31(35)40-29(27-39-28(2)34)26-38-25-24-30(32(36)37)33(3,4)5/h10-11,13-14,29-30H,6-9,12,15-27H2,1-5H3/b11-10-,14-13-. The highest BCUT2D eigenvalue weighted by molar-refractivity contribution is 5.70. The average molecular weight is 568 g/mol. The summed E-state index contributed by atoms with van der Waals surface area (Å²) in [6.45, 7) is 3.62. The molecule has 2 atom stereocenters. The second-order valence-corrected chi connectivity index (χ2v) is 11.4. The number of likely N-dealkylation sites (N-methyl/N-ethyl adjacent to an activating group) is 1. The summed E-state index contributed by atoms with van der Waals surface area (Å²) in [5.41, 5.74) is 0. The van der Waals surface area contributed by atoms with Crippen LogP contribution in [0.5, 0.6) is 0 Å². The number of ether oxygens (including phenoxy) is 3. The van der Waals surface area contributed by atoms with Crippen molar-refractivity contribution in [3.8, 4) is 0 Å². The second-order valence-electron chi connectivity index (χ2n) is 11.4. The number of carboxylic acid groups (broad SMARTS) is 1. The van der Waals surface area contributed by atoms with E-state index in [1.165, 1.54) is 58.3 Å². The van der Waals surface area contributed by atoms with Gasteiger partial charge in [0.25, 0.3) is 0 Å². The predicted octanol–water partition coefficient (Wildman–Crippen LogP) is 5.29. The molecule has 0 aromatic heterocycles. The van der Waals surface area contributed by atoms with Crippen LogP contribution in [0.15, 0.2) is 24.3 Å². The van der Waals surface area contributed by atoms with Gasteiger partial charge >= 0.3 is 11.9 Å². The van der Waals surface area contributed by atoms with Crippen LogP contribution in [0.1, 0.15) is 110 Å². The lowest BCUT2D eigenvalue weighted by Crippen LogP contribution is -2.55. The minimum Gasteiger partial charge on any atom is -0.544 e. The number of aliphatic carboxylic acids is 1. The van der Waals surface area contributed by atoms with Crippen LogP contribution in [0.2, 0.25) is 0 Å². The first-order chi connectivity index (χ1) is 19.1. The van der Waals surface area contributed by atoms with Crippen LogP contribution in [0, 0.1) is 0 Å². The molecule has 8 nitrogen and oxygen atoms in total. The fourth-order valence-electron chi connectivity index (χ4n) is 4.24. The van der Waals surface area contributed by atoms with Gasteiger partial charge in [0, 0.05) is 19.8 Å². The third-order valence-electron chi connectivity index (χ3n) is 6.65. The van der Waals surface area contributed by atoms with Crippen molar-refractivity contribution in [2.75, 3.05) is 41.0 Å². The number of rotatable bonds is 26. The number of quaternary nitrogens is 1.